The Hall–Kier alpha value is -2.51. The average molecular weight is 395 g/mol. The van der Waals surface area contributed by atoms with Crippen LogP contribution in [0.4, 0.5) is 0 Å². The van der Waals surface area contributed by atoms with Gasteiger partial charge in [0.25, 0.3) is 5.91 Å². The molecule has 0 radical (unpaired) electrons. The Labute approximate surface area is 159 Å². The Morgan fingerprint density at radius 3 is 2.50 bits per heavy atom. The summed E-state index contributed by atoms with van der Waals surface area (Å²) in [6.07, 6.45) is 2.39. The number of halogens is 2. The van der Waals surface area contributed by atoms with Gasteiger partial charge in [0.05, 0.1) is 46.3 Å². The van der Waals surface area contributed by atoms with Crippen molar-refractivity contribution in [2.45, 2.75) is 19.8 Å². The van der Waals surface area contributed by atoms with Crippen molar-refractivity contribution in [3.63, 3.8) is 0 Å². The molecule has 3 rings (SSSR count). The zero-order valence-corrected chi connectivity index (χ0v) is 15.8. The maximum absolute atomic E-state index is 12.8. The van der Waals surface area contributed by atoms with Crippen LogP contribution < -0.4 is 10.1 Å². The van der Waals surface area contributed by atoms with Gasteiger partial charge < -0.3 is 9.94 Å². The van der Waals surface area contributed by atoms with Crippen LogP contribution in [0.3, 0.4) is 0 Å². The molecular weight excluding hydrogens is 379 g/mol. The number of aromatic nitrogens is 3. The van der Waals surface area contributed by atoms with E-state index in [0.29, 0.717) is 21.7 Å². The number of ether oxygens (including phenoxy) is 1. The Morgan fingerprint density at radius 2 is 1.92 bits per heavy atom. The van der Waals surface area contributed by atoms with Gasteiger partial charge in [-0.15, -0.1) is 0 Å². The predicted octanol–water partition coefficient (Wildman–Crippen LogP) is 3.55. The molecule has 0 saturated carbocycles. The monoisotopic (exact) mass is 394 g/mol. The van der Waals surface area contributed by atoms with Gasteiger partial charge in [-0.3, -0.25) is 4.79 Å². The van der Waals surface area contributed by atoms with E-state index < -0.39 is 5.91 Å². The highest BCUT2D eigenvalue weighted by Gasteiger charge is 2.17. The van der Waals surface area contributed by atoms with Crippen LogP contribution in [-0.4, -0.2) is 32.6 Å². The maximum Gasteiger partial charge on any atom is 0.279 e. The van der Waals surface area contributed by atoms with Crippen molar-refractivity contribution >= 4 is 34.6 Å². The number of rotatable bonds is 3. The van der Waals surface area contributed by atoms with E-state index in [4.69, 9.17) is 27.9 Å². The first-order valence-electron chi connectivity index (χ1n) is 7.74. The Balaban J connectivity index is 2.20. The maximum atomic E-state index is 12.8. The third kappa shape index (κ3) is 3.27. The van der Waals surface area contributed by atoms with E-state index in [1.165, 1.54) is 19.5 Å². The summed E-state index contributed by atoms with van der Waals surface area (Å²) >= 11 is 12.1. The van der Waals surface area contributed by atoms with Crippen LogP contribution in [0.15, 0.2) is 35.6 Å². The predicted molar refractivity (Wildman–Crippen MR) is 97.4 cm³/mol. The molecule has 0 atom stereocenters. The quantitative estimate of drug-likeness (QED) is 0.688. The molecule has 26 heavy (non-hydrogen) atoms. The number of pyridine rings is 2. The fourth-order valence-electron chi connectivity index (χ4n) is 2.46. The molecule has 3 aromatic heterocycles. The Kier molecular flexibility index (Phi) is 4.93. The summed E-state index contributed by atoms with van der Waals surface area (Å²) in [5.41, 5.74) is 1.72. The molecule has 3 heterocycles. The smallest absolute Gasteiger partial charge is 0.279 e. The molecule has 7 nitrogen and oxygen atoms in total. The van der Waals surface area contributed by atoms with Crippen molar-refractivity contribution in [3.8, 4) is 5.88 Å². The van der Waals surface area contributed by atoms with Crippen LogP contribution in [0, 0.1) is 0 Å². The van der Waals surface area contributed by atoms with Crippen LogP contribution in [-0.2, 0) is 0 Å². The average Bonchev–Trinajstić information content (AvgIpc) is 3.02. The Morgan fingerprint density at radius 1 is 1.27 bits per heavy atom. The molecule has 0 unspecified atom stereocenters. The minimum absolute atomic E-state index is 0.0502. The number of hydrogen-bond acceptors (Lipinski definition) is 4. The van der Waals surface area contributed by atoms with E-state index in [0.717, 1.165) is 5.69 Å². The number of amides is 1. The van der Waals surface area contributed by atoms with E-state index in [-0.39, 0.29) is 21.3 Å². The highest BCUT2D eigenvalue weighted by Crippen LogP contribution is 2.24. The van der Waals surface area contributed by atoms with E-state index >= 15 is 0 Å². The van der Waals surface area contributed by atoms with Gasteiger partial charge in [-0.1, -0.05) is 37.0 Å². The van der Waals surface area contributed by atoms with E-state index in [9.17, 15) is 10.0 Å². The van der Waals surface area contributed by atoms with Crippen LogP contribution in [0.5, 0.6) is 5.88 Å². The lowest BCUT2D eigenvalue weighted by Gasteiger charge is -2.06. The molecule has 1 N–H and O–H groups in total. The highest BCUT2D eigenvalue weighted by molar-refractivity contribution is 6.34. The standard InChI is InChI=1S/C17H16Cl2N4O3/c1-9(2)13-6-14-10(4-5-15(26-3)23(14)21-13)17(24)20-16-11(18)7-22(25)8-12(16)19/h4-9,25H,1-3H3. The number of carbonyl (C=O) groups is 1. The second-order valence-electron chi connectivity index (χ2n) is 5.91. The lowest BCUT2D eigenvalue weighted by molar-refractivity contribution is 0.0999. The number of nitrogens with zero attached hydrogens (tertiary/aromatic N) is 4. The van der Waals surface area contributed by atoms with Gasteiger partial charge in [-0.25, -0.2) is 4.99 Å². The summed E-state index contributed by atoms with van der Waals surface area (Å²) in [6, 6.07) is 5.08. The van der Waals surface area contributed by atoms with Gasteiger partial charge in [-0.05, 0) is 18.1 Å². The molecule has 0 saturated heterocycles. The molecule has 9 heteroatoms. The third-order valence-electron chi connectivity index (χ3n) is 3.79. The van der Waals surface area contributed by atoms with Gasteiger partial charge in [-0.2, -0.15) is 14.3 Å². The molecular formula is C17H16Cl2N4O3. The van der Waals surface area contributed by atoms with Gasteiger partial charge in [0.2, 0.25) is 5.88 Å². The number of carbonyl (C=O) groups excluding carboxylic acids is 1. The van der Waals surface area contributed by atoms with Crippen molar-refractivity contribution in [1.29, 1.82) is 0 Å². The molecule has 0 fully saturated rings. The Bertz CT molecular complexity index is 1040. The molecule has 136 valence electrons. The molecule has 0 aliphatic heterocycles. The summed E-state index contributed by atoms with van der Waals surface area (Å²) in [6.45, 7) is 4.02. The molecule has 1 amide bonds. The fraction of sp³-hybridized carbons (Fsp3) is 0.235. The molecule has 0 aliphatic carbocycles. The first-order valence-corrected chi connectivity index (χ1v) is 8.49. The zero-order chi connectivity index (χ0) is 19.0. The second kappa shape index (κ2) is 7.01. The molecule has 0 aliphatic rings. The molecule has 0 aromatic carbocycles. The van der Waals surface area contributed by atoms with Gasteiger partial charge in [0.1, 0.15) is 5.36 Å². The lowest BCUT2D eigenvalue weighted by Crippen LogP contribution is -2.13. The van der Waals surface area contributed by atoms with E-state index in [1.807, 2.05) is 19.9 Å². The van der Waals surface area contributed by atoms with Crippen LogP contribution >= 0.6 is 23.2 Å². The van der Waals surface area contributed by atoms with Gasteiger partial charge in [0.15, 0.2) is 0 Å². The van der Waals surface area contributed by atoms with E-state index in [1.54, 1.807) is 16.6 Å². The van der Waals surface area contributed by atoms with Gasteiger partial charge in [0, 0.05) is 6.07 Å². The first kappa shape index (κ1) is 18.3. The first-order chi connectivity index (χ1) is 12.3. The molecule has 3 aromatic rings. The second-order valence-corrected chi connectivity index (χ2v) is 6.72. The lowest BCUT2D eigenvalue weighted by atomic mass is 10.1. The molecule has 0 spiro atoms. The van der Waals surface area contributed by atoms with Gasteiger partial charge >= 0.3 is 0 Å². The topological polar surface area (TPSA) is 81.1 Å². The van der Waals surface area contributed by atoms with Crippen molar-refractivity contribution < 1.29 is 14.7 Å². The summed E-state index contributed by atoms with van der Waals surface area (Å²) < 4.78 is 7.57. The summed E-state index contributed by atoms with van der Waals surface area (Å²) in [4.78, 5) is 16.8. The normalized spacial score (nSPS) is 11.2. The summed E-state index contributed by atoms with van der Waals surface area (Å²) in [5, 5.41) is 14.1. The summed E-state index contributed by atoms with van der Waals surface area (Å²) in [5.74, 6) is 0.144. The van der Waals surface area contributed by atoms with Crippen LogP contribution in [0.25, 0.3) is 5.52 Å². The number of fused-ring (bicyclic) bond motifs is 1. The largest absolute Gasteiger partial charge is 0.481 e. The van der Waals surface area contributed by atoms with Crippen LogP contribution in [0.2, 0.25) is 10.0 Å². The van der Waals surface area contributed by atoms with Crippen molar-refractivity contribution in [2.24, 2.45) is 4.99 Å². The third-order valence-corrected chi connectivity index (χ3v) is 4.35. The number of methoxy groups -OCH3 is 1. The highest BCUT2D eigenvalue weighted by atomic mass is 35.5. The van der Waals surface area contributed by atoms with Crippen LogP contribution in [0.1, 0.15) is 35.8 Å². The van der Waals surface area contributed by atoms with Crippen molar-refractivity contribution in [2.75, 3.05) is 7.11 Å². The fourth-order valence-corrected chi connectivity index (χ4v) is 3.00. The SMILES string of the molecule is COc1ccc(C(=O)N=c2c(Cl)cn(O)cc2Cl)c2cc(C(C)C)nn12. The summed E-state index contributed by atoms with van der Waals surface area (Å²) in [7, 11) is 1.53. The molecule has 0 bridgehead atoms. The van der Waals surface area contributed by atoms with Crippen molar-refractivity contribution in [3.05, 3.63) is 57.3 Å². The number of hydrogen-bond donors (Lipinski definition) is 1. The van der Waals surface area contributed by atoms with E-state index in [2.05, 4.69) is 10.1 Å². The minimum atomic E-state index is -0.535. The minimum Gasteiger partial charge on any atom is -0.481 e. The van der Waals surface area contributed by atoms with Crippen molar-refractivity contribution in [1.82, 2.24) is 14.3 Å². The zero-order valence-electron chi connectivity index (χ0n) is 14.3.